The van der Waals surface area contributed by atoms with Gasteiger partial charge in [0.05, 0.1) is 18.5 Å². The molecule has 1 aliphatic rings. The SMILES string of the molecule is CC(C)[C@H](NC1(CCc2ccccc2)CCCCO1)C(=O)N[C@H](C=O)CC(=O)O. The van der Waals surface area contributed by atoms with E-state index in [2.05, 4.69) is 22.8 Å². The van der Waals surface area contributed by atoms with Crippen molar-refractivity contribution in [1.82, 2.24) is 10.6 Å². The first kappa shape index (κ1) is 23.0. The number of nitrogens with one attached hydrogen (secondary N) is 2. The molecule has 0 spiro atoms. The molecule has 7 heteroatoms. The van der Waals surface area contributed by atoms with Crippen LogP contribution in [0.15, 0.2) is 30.3 Å². The van der Waals surface area contributed by atoms with Crippen molar-refractivity contribution in [2.75, 3.05) is 6.61 Å². The highest BCUT2D eigenvalue weighted by molar-refractivity contribution is 5.86. The highest BCUT2D eigenvalue weighted by Gasteiger charge is 2.38. The van der Waals surface area contributed by atoms with Gasteiger partial charge in [-0.05, 0) is 43.6 Å². The molecule has 3 atom stereocenters. The summed E-state index contributed by atoms with van der Waals surface area (Å²) in [5, 5.41) is 14.9. The summed E-state index contributed by atoms with van der Waals surface area (Å²) in [6.07, 6.45) is 4.35. The van der Waals surface area contributed by atoms with E-state index in [0.717, 1.165) is 32.1 Å². The van der Waals surface area contributed by atoms with Gasteiger partial charge in [-0.2, -0.15) is 0 Å². The zero-order valence-electron chi connectivity index (χ0n) is 17.2. The van der Waals surface area contributed by atoms with Gasteiger partial charge in [0.15, 0.2) is 0 Å². The standard InChI is InChI=1S/C22H32N2O5/c1-16(2)20(21(28)23-18(15-25)14-19(26)27)24-22(11-6-7-13-29-22)12-10-17-8-4-3-5-9-17/h3-5,8-9,15-16,18,20,24H,6-7,10-14H2,1-2H3,(H,23,28)(H,26,27)/t18-,20-,22?/m0/s1. The number of carbonyl (C=O) groups excluding carboxylic acids is 2. The van der Waals surface area contributed by atoms with Crippen molar-refractivity contribution in [2.24, 2.45) is 5.92 Å². The van der Waals surface area contributed by atoms with Gasteiger partial charge in [-0.3, -0.25) is 14.9 Å². The fourth-order valence-electron chi connectivity index (χ4n) is 3.64. The van der Waals surface area contributed by atoms with Crippen molar-refractivity contribution in [3.8, 4) is 0 Å². The average Bonchev–Trinajstić information content (AvgIpc) is 2.71. The van der Waals surface area contributed by atoms with Crippen LogP contribution in [0.2, 0.25) is 0 Å². The summed E-state index contributed by atoms with van der Waals surface area (Å²) in [6, 6.07) is 8.49. The fourth-order valence-corrected chi connectivity index (χ4v) is 3.64. The summed E-state index contributed by atoms with van der Waals surface area (Å²) < 4.78 is 6.16. The van der Waals surface area contributed by atoms with E-state index >= 15 is 0 Å². The van der Waals surface area contributed by atoms with Crippen LogP contribution in [0.5, 0.6) is 0 Å². The van der Waals surface area contributed by atoms with E-state index in [9.17, 15) is 14.4 Å². The maximum atomic E-state index is 12.8. The Labute approximate surface area is 172 Å². The van der Waals surface area contributed by atoms with E-state index in [4.69, 9.17) is 9.84 Å². The molecule has 160 valence electrons. The van der Waals surface area contributed by atoms with Crippen LogP contribution < -0.4 is 10.6 Å². The summed E-state index contributed by atoms with van der Waals surface area (Å²) in [6.45, 7) is 4.46. The van der Waals surface area contributed by atoms with Gasteiger partial charge in [-0.25, -0.2) is 0 Å². The molecular weight excluding hydrogens is 372 g/mol. The number of amides is 1. The predicted molar refractivity (Wildman–Crippen MR) is 109 cm³/mol. The van der Waals surface area contributed by atoms with Gasteiger partial charge in [0.1, 0.15) is 12.0 Å². The van der Waals surface area contributed by atoms with Gasteiger partial charge < -0.3 is 20.0 Å². The van der Waals surface area contributed by atoms with Crippen LogP contribution in [0.25, 0.3) is 0 Å². The molecule has 1 amide bonds. The van der Waals surface area contributed by atoms with E-state index in [1.807, 2.05) is 32.0 Å². The van der Waals surface area contributed by atoms with Crippen molar-refractivity contribution >= 4 is 18.2 Å². The Bertz CT molecular complexity index is 671. The fraction of sp³-hybridized carbons (Fsp3) is 0.591. The molecule has 0 saturated carbocycles. The van der Waals surface area contributed by atoms with E-state index < -0.39 is 30.2 Å². The van der Waals surface area contributed by atoms with Crippen LogP contribution in [0.3, 0.4) is 0 Å². The quantitative estimate of drug-likeness (QED) is 0.489. The highest BCUT2D eigenvalue weighted by atomic mass is 16.5. The summed E-state index contributed by atoms with van der Waals surface area (Å²) in [7, 11) is 0. The Balaban J connectivity index is 2.11. The number of aldehydes is 1. The van der Waals surface area contributed by atoms with E-state index in [-0.39, 0.29) is 11.8 Å². The molecular formula is C22H32N2O5. The Hall–Kier alpha value is -2.25. The van der Waals surface area contributed by atoms with Gasteiger partial charge in [0.25, 0.3) is 0 Å². The van der Waals surface area contributed by atoms with Crippen molar-refractivity contribution in [3.05, 3.63) is 35.9 Å². The van der Waals surface area contributed by atoms with Gasteiger partial charge in [-0.1, -0.05) is 44.2 Å². The molecule has 0 radical (unpaired) electrons. The second-order valence-electron chi connectivity index (χ2n) is 8.00. The maximum absolute atomic E-state index is 12.8. The number of aliphatic carboxylic acids is 1. The monoisotopic (exact) mass is 404 g/mol. The van der Waals surface area contributed by atoms with Crippen molar-refractivity contribution < 1.29 is 24.2 Å². The lowest BCUT2D eigenvalue weighted by Crippen LogP contribution is -2.61. The van der Waals surface area contributed by atoms with Crippen molar-refractivity contribution in [1.29, 1.82) is 0 Å². The number of carboxylic acid groups (broad SMARTS) is 1. The lowest BCUT2D eigenvalue weighted by Gasteiger charge is -2.42. The highest BCUT2D eigenvalue weighted by Crippen LogP contribution is 2.29. The first-order chi connectivity index (χ1) is 13.8. The molecule has 1 unspecified atom stereocenters. The van der Waals surface area contributed by atoms with Gasteiger partial charge >= 0.3 is 5.97 Å². The van der Waals surface area contributed by atoms with Crippen LogP contribution in [0.1, 0.15) is 51.5 Å². The molecule has 0 aliphatic carbocycles. The number of benzene rings is 1. The normalized spacial score (nSPS) is 21.3. The van der Waals surface area contributed by atoms with E-state index in [1.54, 1.807) is 0 Å². The molecule has 0 bridgehead atoms. The average molecular weight is 405 g/mol. The van der Waals surface area contributed by atoms with Crippen LogP contribution in [0, 0.1) is 5.92 Å². The topological polar surface area (TPSA) is 105 Å². The minimum absolute atomic E-state index is 0.0637. The molecule has 0 aromatic heterocycles. The van der Waals surface area contributed by atoms with Crippen LogP contribution in [-0.4, -0.2) is 47.7 Å². The Morgan fingerprint density at radius 3 is 2.52 bits per heavy atom. The molecule has 7 nitrogen and oxygen atoms in total. The summed E-state index contributed by atoms with van der Waals surface area (Å²) >= 11 is 0. The Kier molecular flexibility index (Phi) is 8.79. The summed E-state index contributed by atoms with van der Waals surface area (Å²) in [5.41, 5.74) is 0.583. The lowest BCUT2D eigenvalue weighted by molar-refractivity contribution is -0.141. The van der Waals surface area contributed by atoms with E-state index in [1.165, 1.54) is 5.56 Å². The third-order valence-electron chi connectivity index (χ3n) is 5.27. The lowest BCUT2D eigenvalue weighted by atomic mass is 9.92. The Morgan fingerprint density at radius 1 is 1.24 bits per heavy atom. The van der Waals surface area contributed by atoms with Crippen LogP contribution >= 0.6 is 0 Å². The maximum Gasteiger partial charge on any atom is 0.305 e. The first-order valence-electron chi connectivity index (χ1n) is 10.3. The first-order valence-corrected chi connectivity index (χ1v) is 10.3. The zero-order valence-corrected chi connectivity index (χ0v) is 17.2. The third-order valence-corrected chi connectivity index (χ3v) is 5.27. The summed E-state index contributed by atoms with van der Waals surface area (Å²) in [4.78, 5) is 34.9. The molecule has 3 N–H and O–H groups in total. The number of hydrogen-bond acceptors (Lipinski definition) is 5. The minimum Gasteiger partial charge on any atom is -0.481 e. The molecule has 1 saturated heterocycles. The number of carbonyl (C=O) groups is 3. The molecule has 1 aromatic carbocycles. The number of ether oxygens (including phenoxy) is 1. The largest absolute Gasteiger partial charge is 0.481 e. The predicted octanol–water partition coefficient (Wildman–Crippen LogP) is 2.29. The molecule has 1 heterocycles. The molecule has 1 aromatic rings. The van der Waals surface area contributed by atoms with Crippen LogP contribution in [-0.2, 0) is 25.5 Å². The number of carboxylic acids is 1. The molecule has 2 rings (SSSR count). The molecule has 29 heavy (non-hydrogen) atoms. The zero-order chi connectivity index (χ0) is 21.3. The molecule has 1 aliphatic heterocycles. The van der Waals surface area contributed by atoms with E-state index in [0.29, 0.717) is 12.9 Å². The number of aryl methyl sites for hydroxylation is 1. The number of rotatable bonds is 11. The smallest absolute Gasteiger partial charge is 0.305 e. The van der Waals surface area contributed by atoms with Gasteiger partial charge in [-0.15, -0.1) is 0 Å². The molecule has 1 fully saturated rings. The second-order valence-corrected chi connectivity index (χ2v) is 8.00. The Morgan fingerprint density at radius 2 is 1.97 bits per heavy atom. The van der Waals surface area contributed by atoms with Gasteiger partial charge in [0, 0.05) is 6.61 Å². The van der Waals surface area contributed by atoms with Crippen molar-refractivity contribution in [3.63, 3.8) is 0 Å². The van der Waals surface area contributed by atoms with Gasteiger partial charge in [0.2, 0.25) is 5.91 Å². The number of hydrogen-bond donors (Lipinski definition) is 3. The van der Waals surface area contributed by atoms with Crippen LogP contribution in [0.4, 0.5) is 0 Å². The minimum atomic E-state index is -1.13. The third kappa shape index (κ3) is 7.25. The second kappa shape index (κ2) is 11.1. The van der Waals surface area contributed by atoms with Crippen molar-refractivity contribution in [2.45, 2.75) is 70.2 Å². The summed E-state index contributed by atoms with van der Waals surface area (Å²) in [5.74, 6) is -1.58.